The van der Waals surface area contributed by atoms with Gasteiger partial charge in [0.15, 0.2) is 5.96 Å². The minimum atomic E-state index is 0.857. The minimum absolute atomic E-state index is 0.857. The maximum Gasteiger partial charge on any atom is 0.190 e. The van der Waals surface area contributed by atoms with Gasteiger partial charge in [0.1, 0.15) is 0 Å². The topological polar surface area (TPSA) is 48.9 Å². The van der Waals surface area contributed by atoms with Gasteiger partial charge in [-0.1, -0.05) is 12.8 Å². The zero-order chi connectivity index (χ0) is 16.2. The van der Waals surface area contributed by atoms with Crippen LogP contribution in [0.2, 0.25) is 0 Å². The van der Waals surface area contributed by atoms with Crippen LogP contribution in [0.1, 0.15) is 51.4 Å². The highest BCUT2D eigenvalue weighted by molar-refractivity contribution is 5.79. The highest BCUT2D eigenvalue weighted by atomic mass is 16.5. The molecule has 0 bridgehead atoms. The fraction of sp³-hybridized carbons (Fsp3) is 0.944. The average Bonchev–Trinajstić information content (AvgIpc) is 3.40. The summed E-state index contributed by atoms with van der Waals surface area (Å²) in [6.45, 7) is 7.52. The second-order valence-corrected chi connectivity index (χ2v) is 6.91. The molecule has 5 heteroatoms. The predicted octanol–water partition coefficient (Wildman–Crippen LogP) is 2.23. The summed E-state index contributed by atoms with van der Waals surface area (Å²) < 4.78 is 5.64. The van der Waals surface area contributed by atoms with E-state index >= 15 is 0 Å². The first-order chi connectivity index (χ1) is 11.4. The lowest BCUT2D eigenvalue weighted by Gasteiger charge is -2.20. The molecule has 5 nitrogen and oxygen atoms in total. The summed E-state index contributed by atoms with van der Waals surface area (Å²) >= 11 is 0. The molecule has 1 aliphatic carbocycles. The van der Waals surface area contributed by atoms with Gasteiger partial charge in [-0.2, -0.15) is 0 Å². The molecule has 0 spiro atoms. The van der Waals surface area contributed by atoms with E-state index in [0.717, 1.165) is 44.6 Å². The number of aliphatic imine (C=N–C) groups is 1. The number of ether oxygens (including phenoxy) is 1. The van der Waals surface area contributed by atoms with Gasteiger partial charge >= 0.3 is 0 Å². The third-order valence-electron chi connectivity index (χ3n) is 4.67. The zero-order valence-electron chi connectivity index (χ0n) is 15.0. The normalized spacial score (nSPS) is 20.3. The van der Waals surface area contributed by atoms with E-state index in [1.165, 1.54) is 64.6 Å². The predicted molar refractivity (Wildman–Crippen MR) is 97.0 cm³/mol. The fourth-order valence-electron chi connectivity index (χ4n) is 3.01. The molecule has 0 atom stereocenters. The van der Waals surface area contributed by atoms with E-state index in [1.54, 1.807) is 0 Å². The molecule has 0 amide bonds. The quantitative estimate of drug-likeness (QED) is 0.368. The molecule has 2 rings (SSSR count). The molecule has 1 saturated carbocycles. The van der Waals surface area contributed by atoms with E-state index < -0.39 is 0 Å². The van der Waals surface area contributed by atoms with Crippen LogP contribution >= 0.6 is 0 Å². The molecule has 0 unspecified atom stereocenters. The summed E-state index contributed by atoms with van der Waals surface area (Å²) in [5.41, 5.74) is 0. The second kappa shape index (κ2) is 11.7. The van der Waals surface area contributed by atoms with E-state index in [4.69, 9.17) is 4.74 Å². The Morgan fingerprint density at radius 3 is 2.39 bits per heavy atom. The summed E-state index contributed by atoms with van der Waals surface area (Å²) in [5.74, 6) is 1.78. The van der Waals surface area contributed by atoms with Crippen molar-refractivity contribution in [1.82, 2.24) is 15.5 Å². The molecule has 1 heterocycles. The van der Waals surface area contributed by atoms with Crippen molar-refractivity contribution in [2.75, 3.05) is 53.0 Å². The van der Waals surface area contributed by atoms with Crippen molar-refractivity contribution in [3.05, 3.63) is 0 Å². The maximum absolute atomic E-state index is 5.64. The maximum atomic E-state index is 5.64. The van der Waals surface area contributed by atoms with E-state index in [0.29, 0.717) is 0 Å². The lowest BCUT2D eigenvalue weighted by molar-refractivity contribution is 0.123. The number of guanidine groups is 1. The molecule has 0 aromatic heterocycles. The molecule has 2 fully saturated rings. The second-order valence-electron chi connectivity index (χ2n) is 6.91. The summed E-state index contributed by atoms with van der Waals surface area (Å²) in [4.78, 5) is 6.90. The molecule has 0 aromatic rings. The van der Waals surface area contributed by atoms with Gasteiger partial charge in [0.2, 0.25) is 0 Å². The Bertz CT molecular complexity index is 323. The van der Waals surface area contributed by atoms with Crippen LogP contribution in [0.15, 0.2) is 4.99 Å². The van der Waals surface area contributed by atoms with E-state index in [-0.39, 0.29) is 0 Å². The van der Waals surface area contributed by atoms with Crippen molar-refractivity contribution in [1.29, 1.82) is 0 Å². The molecule has 2 N–H and O–H groups in total. The van der Waals surface area contributed by atoms with Crippen molar-refractivity contribution in [3.8, 4) is 0 Å². The first-order valence-corrected chi connectivity index (χ1v) is 9.63. The first-order valence-electron chi connectivity index (χ1n) is 9.63. The van der Waals surface area contributed by atoms with Gasteiger partial charge in [-0.3, -0.25) is 4.99 Å². The molecular formula is C18H36N4O. The number of likely N-dealkylation sites (tertiary alicyclic amines) is 1. The molecule has 134 valence electrons. The van der Waals surface area contributed by atoms with E-state index in [1.807, 2.05) is 7.05 Å². The Kier molecular flexibility index (Phi) is 9.41. The Hall–Kier alpha value is -0.810. The Labute approximate surface area is 142 Å². The van der Waals surface area contributed by atoms with Gasteiger partial charge < -0.3 is 20.3 Å². The lowest BCUT2D eigenvalue weighted by atomic mass is 10.2. The van der Waals surface area contributed by atoms with Crippen molar-refractivity contribution in [3.63, 3.8) is 0 Å². The Morgan fingerprint density at radius 2 is 1.74 bits per heavy atom. The zero-order valence-corrected chi connectivity index (χ0v) is 15.0. The lowest BCUT2D eigenvalue weighted by Crippen LogP contribution is -2.39. The molecule has 1 saturated heterocycles. The highest BCUT2D eigenvalue weighted by Crippen LogP contribution is 2.28. The standard InChI is InChI=1S/C18H36N4O/c1-19-18(21-11-7-15-23-16-17-8-9-17)20-10-6-14-22-12-4-2-3-5-13-22/h17H,2-16H2,1H3,(H2,19,20,21). The smallest absolute Gasteiger partial charge is 0.190 e. The number of nitrogens with zero attached hydrogens (tertiary/aromatic N) is 2. The van der Waals surface area contributed by atoms with Gasteiger partial charge in [0.25, 0.3) is 0 Å². The summed E-state index contributed by atoms with van der Waals surface area (Å²) in [6.07, 6.45) is 10.5. The number of nitrogens with one attached hydrogen (secondary N) is 2. The largest absolute Gasteiger partial charge is 0.381 e. The molecule has 2 aliphatic rings. The molecular weight excluding hydrogens is 288 g/mol. The van der Waals surface area contributed by atoms with Crippen molar-refractivity contribution in [2.45, 2.75) is 51.4 Å². The SMILES string of the molecule is CN=C(NCCCOCC1CC1)NCCCN1CCCCCC1. The Morgan fingerprint density at radius 1 is 1.04 bits per heavy atom. The van der Waals surface area contributed by atoms with E-state index in [9.17, 15) is 0 Å². The molecule has 1 aliphatic heterocycles. The molecule has 0 aromatic carbocycles. The van der Waals surface area contributed by atoms with Crippen LogP contribution in [0.3, 0.4) is 0 Å². The highest BCUT2D eigenvalue weighted by Gasteiger charge is 2.20. The van der Waals surface area contributed by atoms with Gasteiger partial charge in [-0.25, -0.2) is 0 Å². The first kappa shape index (κ1) is 18.5. The van der Waals surface area contributed by atoms with Crippen LogP contribution in [0.5, 0.6) is 0 Å². The van der Waals surface area contributed by atoms with Crippen LogP contribution in [-0.2, 0) is 4.74 Å². The van der Waals surface area contributed by atoms with Crippen molar-refractivity contribution >= 4 is 5.96 Å². The third-order valence-corrected chi connectivity index (χ3v) is 4.67. The molecule has 23 heavy (non-hydrogen) atoms. The minimum Gasteiger partial charge on any atom is -0.381 e. The van der Waals surface area contributed by atoms with Gasteiger partial charge in [-0.05, 0) is 64.1 Å². The summed E-state index contributed by atoms with van der Waals surface area (Å²) in [5, 5.41) is 6.78. The van der Waals surface area contributed by atoms with Gasteiger partial charge in [0, 0.05) is 33.4 Å². The van der Waals surface area contributed by atoms with Crippen molar-refractivity contribution < 1.29 is 4.74 Å². The van der Waals surface area contributed by atoms with Gasteiger partial charge in [-0.15, -0.1) is 0 Å². The number of hydrogen-bond acceptors (Lipinski definition) is 3. The summed E-state index contributed by atoms with van der Waals surface area (Å²) in [6, 6.07) is 0. The number of hydrogen-bond donors (Lipinski definition) is 2. The third kappa shape index (κ3) is 9.16. The van der Waals surface area contributed by atoms with Crippen molar-refractivity contribution in [2.24, 2.45) is 10.9 Å². The summed E-state index contributed by atoms with van der Waals surface area (Å²) in [7, 11) is 1.84. The average molecular weight is 325 g/mol. The van der Waals surface area contributed by atoms with Crippen LogP contribution in [0, 0.1) is 5.92 Å². The van der Waals surface area contributed by atoms with Crippen LogP contribution < -0.4 is 10.6 Å². The van der Waals surface area contributed by atoms with Crippen LogP contribution in [0.25, 0.3) is 0 Å². The van der Waals surface area contributed by atoms with Gasteiger partial charge in [0.05, 0.1) is 0 Å². The fourth-order valence-corrected chi connectivity index (χ4v) is 3.01. The van der Waals surface area contributed by atoms with E-state index in [2.05, 4.69) is 20.5 Å². The Balaban J connectivity index is 1.42. The number of rotatable bonds is 10. The molecule has 0 radical (unpaired) electrons. The monoisotopic (exact) mass is 324 g/mol. The van der Waals surface area contributed by atoms with Crippen LogP contribution in [0.4, 0.5) is 0 Å². The van der Waals surface area contributed by atoms with Crippen LogP contribution in [-0.4, -0.2) is 63.8 Å².